The van der Waals surface area contributed by atoms with Crippen LogP contribution in [0.4, 0.5) is 0 Å². The van der Waals surface area contributed by atoms with Gasteiger partial charge in [-0.25, -0.2) is 9.67 Å². The summed E-state index contributed by atoms with van der Waals surface area (Å²) in [6, 6.07) is 20.0. The zero-order valence-corrected chi connectivity index (χ0v) is 15.4. The Balaban J connectivity index is 1.33. The third-order valence-corrected chi connectivity index (χ3v) is 4.50. The Labute approximate surface area is 163 Å². The molecular formula is C22H21N5O. The van der Waals surface area contributed by atoms with E-state index in [9.17, 15) is 4.79 Å². The van der Waals surface area contributed by atoms with Gasteiger partial charge in [0, 0.05) is 38.1 Å². The normalized spacial score (nSPS) is 10.7. The molecule has 6 nitrogen and oxygen atoms in total. The van der Waals surface area contributed by atoms with Crippen LogP contribution in [0.15, 0.2) is 85.5 Å². The summed E-state index contributed by atoms with van der Waals surface area (Å²) in [5, 5.41) is 7.21. The van der Waals surface area contributed by atoms with E-state index in [-0.39, 0.29) is 5.91 Å². The minimum Gasteiger partial charge on any atom is -0.351 e. The maximum atomic E-state index is 12.4. The topological polar surface area (TPSA) is 64.7 Å². The van der Waals surface area contributed by atoms with E-state index in [0.29, 0.717) is 18.5 Å². The van der Waals surface area contributed by atoms with Crippen molar-refractivity contribution < 1.29 is 4.79 Å². The van der Waals surface area contributed by atoms with E-state index >= 15 is 0 Å². The van der Waals surface area contributed by atoms with Crippen LogP contribution in [-0.2, 0) is 13.0 Å². The lowest BCUT2D eigenvalue weighted by Gasteiger charge is -2.08. The number of nitrogens with one attached hydrogen (secondary N) is 1. The molecule has 2 aromatic heterocycles. The average molecular weight is 371 g/mol. The van der Waals surface area contributed by atoms with E-state index in [1.165, 1.54) is 5.56 Å². The Bertz CT molecular complexity index is 1040. The van der Waals surface area contributed by atoms with Crippen molar-refractivity contribution in [2.75, 3.05) is 6.54 Å². The standard InChI is InChI=1S/C22H21N5O/c28-22(19-15-25-27(17-19)20-9-5-2-6-10-20)24-12-11-21-23-13-14-26(21)16-18-7-3-1-4-8-18/h1-10,13-15,17H,11-12,16H2,(H,24,28). The van der Waals surface area contributed by atoms with Gasteiger partial charge >= 0.3 is 0 Å². The predicted octanol–water partition coefficient (Wildman–Crippen LogP) is 3.09. The maximum Gasteiger partial charge on any atom is 0.254 e. The lowest BCUT2D eigenvalue weighted by Crippen LogP contribution is -2.26. The predicted molar refractivity (Wildman–Crippen MR) is 107 cm³/mol. The summed E-state index contributed by atoms with van der Waals surface area (Å²) >= 11 is 0. The summed E-state index contributed by atoms with van der Waals surface area (Å²) in [4.78, 5) is 16.8. The molecule has 0 spiro atoms. The second kappa shape index (κ2) is 8.35. The molecule has 0 aliphatic carbocycles. The van der Waals surface area contributed by atoms with Gasteiger partial charge in [-0.3, -0.25) is 4.79 Å². The first kappa shape index (κ1) is 17.7. The number of hydrogen-bond acceptors (Lipinski definition) is 3. The van der Waals surface area contributed by atoms with Gasteiger partial charge < -0.3 is 9.88 Å². The van der Waals surface area contributed by atoms with Gasteiger partial charge in [-0.2, -0.15) is 5.10 Å². The molecule has 0 aliphatic heterocycles. The van der Waals surface area contributed by atoms with Crippen molar-refractivity contribution in [2.24, 2.45) is 0 Å². The first-order valence-corrected chi connectivity index (χ1v) is 9.22. The Morgan fingerprint density at radius 3 is 2.54 bits per heavy atom. The van der Waals surface area contributed by atoms with Gasteiger partial charge in [-0.05, 0) is 17.7 Å². The molecule has 0 atom stereocenters. The molecule has 2 heterocycles. The zero-order chi connectivity index (χ0) is 19.2. The average Bonchev–Trinajstić information content (AvgIpc) is 3.40. The van der Waals surface area contributed by atoms with Crippen LogP contribution in [0.5, 0.6) is 0 Å². The van der Waals surface area contributed by atoms with Gasteiger partial charge in [0.05, 0.1) is 17.4 Å². The molecule has 0 bridgehead atoms. The number of aromatic nitrogens is 4. The van der Waals surface area contributed by atoms with Gasteiger partial charge in [0.1, 0.15) is 5.82 Å². The second-order valence-corrected chi connectivity index (χ2v) is 6.47. The van der Waals surface area contributed by atoms with E-state index in [1.54, 1.807) is 23.3 Å². The van der Waals surface area contributed by atoms with E-state index in [1.807, 2.05) is 54.7 Å². The van der Waals surface area contributed by atoms with Crippen molar-refractivity contribution in [1.29, 1.82) is 0 Å². The highest BCUT2D eigenvalue weighted by atomic mass is 16.1. The van der Waals surface area contributed by atoms with E-state index < -0.39 is 0 Å². The summed E-state index contributed by atoms with van der Waals surface area (Å²) in [5.41, 5.74) is 2.68. The Hall–Kier alpha value is -3.67. The number of imidazole rings is 1. The molecule has 1 N–H and O–H groups in total. The number of benzene rings is 2. The minimum absolute atomic E-state index is 0.136. The van der Waals surface area contributed by atoms with Crippen molar-refractivity contribution in [3.8, 4) is 5.69 Å². The van der Waals surface area contributed by atoms with Crippen LogP contribution < -0.4 is 5.32 Å². The SMILES string of the molecule is O=C(NCCc1nccn1Cc1ccccc1)c1cnn(-c2ccccc2)c1. The summed E-state index contributed by atoms with van der Waals surface area (Å²) in [6.45, 7) is 1.29. The van der Waals surface area contributed by atoms with Gasteiger partial charge in [0.15, 0.2) is 0 Å². The van der Waals surface area contributed by atoms with Gasteiger partial charge in [0.25, 0.3) is 5.91 Å². The van der Waals surface area contributed by atoms with Crippen molar-refractivity contribution in [3.63, 3.8) is 0 Å². The van der Waals surface area contributed by atoms with Crippen LogP contribution in [0.3, 0.4) is 0 Å². The molecular weight excluding hydrogens is 350 g/mol. The fourth-order valence-electron chi connectivity index (χ4n) is 3.04. The van der Waals surface area contributed by atoms with Crippen LogP contribution in [0.25, 0.3) is 5.69 Å². The number of nitrogens with zero attached hydrogens (tertiary/aromatic N) is 4. The smallest absolute Gasteiger partial charge is 0.254 e. The van der Waals surface area contributed by atoms with Crippen LogP contribution in [0, 0.1) is 0 Å². The van der Waals surface area contributed by atoms with Crippen molar-refractivity contribution >= 4 is 5.91 Å². The number of amides is 1. The van der Waals surface area contributed by atoms with Crippen LogP contribution in [0.1, 0.15) is 21.7 Å². The molecule has 4 aromatic rings. The lowest BCUT2D eigenvalue weighted by atomic mass is 10.2. The molecule has 0 radical (unpaired) electrons. The Morgan fingerprint density at radius 1 is 1.00 bits per heavy atom. The van der Waals surface area contributed by atoms with E-state index in [4.69, 9.17) is 0 Å². The molecule has 2 aromatic carbocycles. The Kier molecular flexibility index (Phi) is 5.29. The largest absolute Gasteiger partial charge is 0.351 e. The Morgan fingerprint density at radius 2 is 1.75 bits per heavy atom. The van der Waals surface area contributed by atoms with Gasteiger partial charge in [-0.1, -0.05) is 48.5 Å². The van der Waals surface area contributed by atoms with Crippen molar-refractivity contribution in [1.82, 2.24) is 24.6 Å². The van der Waals surface area contributed by atoms with Gasteiger partial charge in [-0.15, -0.1) is 0 Å². The van der Waals surface area contributed by atoms with E-state index in [0.717, 1.165) is 18.1 Å². The van der Waals surface area contributed by atoms with E-state index in [2.05, 4.69) is 32.1 Å². The molecule has 0 fully saturated rings. The summed E-state index contributed by atoms with van der Waals surface area (Å²) in [7, 11) is 0. The molecule has 1 amide bonds. The third-order valence-electron chi connectivity index (χ3n) is 4.50. The highest BCUT2D eigenvalue weighted by Crippen LogP contribution is 2.08. The minimum atomic E-state index is -0.136. The van der Waals surface area contributed by atoms with Crippen LogP contribution in [-0.4, -0.2) is 31.8 Å². The fourth-order valence-corrected chi connectivity index (χ4v) is 3.04. The molecule has 6 heteroatoms. The molecule has 0 unspecified atom stereocenters. The summed E-state index contributed by atoms with van der Waals surface area (Å²) < 4.78 is 3.80. The number of para-hydroxylation sites is 1. The number of rotatable bonds is 7. The quantitative estimate of drug-likeness (QED) is 0.543. The highest BCUT2D eigenvalue weighted by Gasteiger charge is 2.10. The lowest BCUT2D eigenvalue weighted by molar-refractivity contribution is 0.0954. The van der Waals surface area contributed by atoms with Crippen LogP contribution in [0.2, 0.25) is 0 Å². The van der Waals surface area contributed by atoms with Gasteiger partial charge in [0.2, 0.25) is 0 Å². The highest BCUT2D eigenvalue weighted by molar-refractivity contribution is 5.93. The first-order chi connectivity index (χ1) is 13.8. The molecule has 4 rings (SSSR count). The van der Waals surface area contributed by atoms with Crippen molar-refractivity contribution in [2.45, 2.75) is 13.0 Å². The molecule has 0 saturated heterocycles. The van der Waals surface area contributed by atoms with Crippen LogP contribution >= 0.6 is 0 Å². The number of carbonyl (C=O) groups excluding carboxylic acids is 1. The molecule has 0 saturated carbocycles. The third kappa shape index (κ3) is 4.17. The zero-order valence-electron chi connectivity index (χ0n) is 15.4. The number of hydrogen-bond donors (Lipinski definition) is 1. The monoisotopic (exact) mass is 371 g/mol. The van der Waals surface area contributed by atoms with Crippen molar-refractivity contribution in [3.05, 3.63) is 102 Å². The molecule has 28 heavy (non-hydrogen) atoms. The summed E-state index contributed by atoms with van der Waals surface area (Å²) in [6.07, 6.45) is 7.75. The molecule has 140 valence electrons. The molecule has 0 aliphatic rings. The fraction of sp³-hybridized carbons (Fsp3) is 0.136. The summed E-state index contributed by atoms with van der Waals surface area (Å²) in [5.74, 6) is 0.812. The first-order valence-electron chi connectivity index (χ1n) is 9.22. The maximum absolute atomic E-state index is 12.4. The second-order valence-electron chi connectivity index (χ2n) is 6.47. The number of carbonyl (C=O) groups is 1.